The lowest BCUT2D eigenvalue weighted by Gasteiger charge is -2.02. The Bertz CT molecular complexity index is 339. The van der Waals surface area contributed by atoms with Crippen molar-refractivity contribution in [3.8, 4) is 0 Å². The van der Waals surface area contributed by atoms with Crippen LogP contribution >= 0.6 is 0 Å². The second-order valence-corrected chi connectivity index (χ2v) is 5.98. The highest BCUT2D eigenvalue weighted by atomic mass is 16.2. The van der Waals surface area contributed by atoms with Crippen molar-refractivity contribution < 1.29 is 5.11 Å². The summed E-state index contributed by atoms with van der Waals surface area (Å²) in [6.45, 7) is 3.47. The Labute approximate surface area is 129 Å². The Morgan fingerprint density at radius 3 is 2.14 bits per heavy atom. The fourth-order valence-electron chi connectivity index (χ4n) is 2.58. The first kappa shape index (κ1) is 18.1. The molecule has 0 spiro atoms. The second kappa shape index (κ2) is 12.8. The summed E-state index contributed by atoms with van der Waals surface area (Å²) in [6, 6.07) is 0. The molecule has 0 unspecified atom stereocenters. The highest BCUT2D eigenvalue weighted by Gasteiger charge is 2.00. The Morgan fingerprint density at radius 1 is 0.905 bits per heavy atom. The molecule has 0 atom stereocenters. The van der Waals surface area contributed by atoms with Crippen LogP contribution in [0.15, 0.2) is 6.20 Å². The molecule has 1 aromatic heterocycles. The van der Waals surface area contributed by atoms with Gasteiger partial charge in [0.25, 0.3) is 0 Å². The van der Waals surface area contributed by atoms with Gasteiger partial charge in [-0.15, -0.1) is 5.10 Å². The standard InChI is InChI=1S/C17H33N3O/c1-2-3-4-5-6-7-8-9-10-11-14-20-16-17(18-19-20)13-12-15-21/h16,21H,2-15H2,1H3. The Morgan fingerprint density at radius 2 is 1.52 bits per heavy atom. The SMILES string of the molecule is CCCCCCCCCCCCn1cc(CCCO)nn1. The van der Waals surface area contributed by atoms with E-state index in [4.69, 9.17) is 5.11 Å². The van der Waals surface area contributed by atoms with E-state index >= 15 is 0 Å². The minimum absolute atomic E-state index is 0.227. The van der Waals surface area contributed by atoms with Gasteiger partial charge in [-0.3, -0.25) is 4.68 Å². The summed E-state index contributed by atoms with van der Waals surface area (Å²) >= 11 is 0. The first-order chi connectivity index (χ1) is 10.4. The molecule has 0 saturated heterocycles. The molecule has 0 aliphatic rings. The smallest absolute Gasteiger partial charge is 0.0828 e. The molecule has 0 aliphatic carbocycles. The zero-order chi connectivity index (χ0) is 15.2. The van der Waals surface area contributed by atoms with Gasteiger partial charge >= 0.3 is 0 Å². The van der Waals surface area contributed by atoms with Crippen LogP contribution in [0.2, 0.25) is 0 Å². The average Bonchev–Trinajstić information content (AvgIpc) is 2.95. The predicted molar refractivity (Wildman–Crippen MR) is 87.3 cm³/mol. The first-order valence-electron chi connectivity index (χ1n) is 8.86. The number of nitrogens with zero attached hydrogens (tertiary/aromatic N) is 3. The first-order valence-corrected chi connectivity index (χ1v) is 8.86. The maximum Gasteiger partial charge on any atom is 0.0828 e. The molecule has 122 valence electrons. The summed E-state index contributed by atoms with van der Waals surface area (Å²) in [6.07, 6.45) is 17.2. The normalized spacial score (nSPS) is 11.1. The maximum atomic E-state index is 8.78. The number of aryl methyl sites for hydroxylation is 2. The van der Waals surface area contributed by atoms with E-state index in [0.29, 0.717) is 0 Å². The van der Waals surface area contributed by atoms with Gasteiger partial charge in [0, 0.05) is 19.3 Å². The minimum Gasteiger partial charge on any atom is -0.396 e. The van der Waals surface area contributed by atoms with E-state index in [9.17, 15) is 0 Å². The van der Waals surface area contributed by atoms with E-state index in [1.54, 1.807) is 0 Å². The lowest BCUT2D eigenvalue weighted by atomic mass is 10.1. The van der Waals surface area contributed by atoms with Crippen molar-refractivity contribution >= 4 is 0 Å². The van der Waals surface area contributed by atoms with E-state index in [2.05, 4.69) is 17.2 Å². The largest absolute Gasteiger partial charge is 0.396 e. The lowest BCUT2D eigenvalue weighted by molar-refractivity contribution is 0.288. The molecule has 1 rings (SSSR count). The third-order valence-corrected chi connectivity index (χ3v) is 3.92. The van der Waals surface area contributed by atoms with Crippen LogP contribution in [-0.4, -0.2) is 26.7 Å². The molecule has 0 aromatic carbocycles. The zero-order valence-electron chi connectivity index (χ0n) is 13.8. The molecule has 0 aliphatic heterocycles. The van der Waals surface area contributed by atoms with E-state index in [-0.39, 0.29) is 6.61 Å². The minimum atomic E-state index is 0.227. The van der Waals surface area contributed by atoms with Crippen molar-refractivity contribution in [1.29, 1.82) is 0 Å². The van der Waals surface area contributed by atoms with Crippen molar-refractivity contribution in [3.05, 3.63) is 11.9 Å². The number of rotatable bonds is 14. The van der Waals surface area contributed by atoms with Crippen LogP contribution < -0.4 is 0 Å². The summed E-state index contributed by atoms with van der Waals surface area (Å²) in [5.41, 5.74) is 0.996. The molecule has 1 aromatic rings. The Hall–Kier alpha value is -0.900. The monoisotopic (exact) mass is 295 g/mol. The van der Waals surface area contributed by atoms with Gasteiger partial charge in [-0.25, -0.2) is 0 Å². The number of hydrogen-bond acceptors (Lipinski definition) is 3. The van der Waals surface area contributed by atoms with Crippen molar-refractivity contribution in [2.75, 3.05) is 6.61 Å². The van der Waals surface area contributed by atoms with Crippen molar-refractivity contribution in [3.63, 3.8) is 0 Å². The molecule has 4 heteroatoms. The predicted octanol–water partition coefficient (Wildman–Crippen LogP) is 4.12. The van der Waals surface area contributed by atoms with Gasteiger partial charge in [0.2, 0.25) is 0 Å². The molecule has 0 fully saturated rings. The average molecular weight is 295 g/mol. The number of hydrogen-bond donors (Lipinski definition) is 1. The molecule has 0 saturated carbocycles. The molecule has 0 bridgehead atoms. The lowest BCUT2D eigenvalue weighted by Crippen LogP contribution is -1.98. The van der Waals surface area contributed by atoms with Crippen LogP contribution in [0.1, 0.15) is 83.2 Å². The summed E-state index contributed by atoms with van der Waals surface area (Å²) in [7, 11) is 0. The summed E-state index contributed by atoms with van der Waals surface area (Å²) in [5.74, 6) is 0. The van der Waals surface area contributed by atoms with Crippen molar-refractivity contribution in [2.24, 2.45) is 0 Å². The van der Waals surface area contributed by atoms with E-state index in [0.717, 1.165) is 25.1 Å². The fourth-order valence-corrected chi connectivity index (χ4v) is 2.58. The van der Waals surface area contributed by atoms with Crippen LogP contribution in [0.3, 0.4) is 0 Å². The van der Waals surface area contributed by atoms with E-state index in [1.165, 1.54) is 64.2 Å². The van der Waals surface area contributed by atoms with Gasteiger partial charge in [-0.1, -0.05) is 69.9 Å². The van der Waals surface area contributed by atoms with Crippen LogP contribution in [0.25, 0.3) is 0 Å². The molecule has 1 heterocycles. The van der Waals surface area contributed by atoms with Crippen molar-refractivity contribution in [2.45, 2.75) is 90.5 Å². The summed E-state index contributed by atoms with van der Waals surface area (Å²) < 4.78 is 1.94. The quantitative estimate of drug-likeness (QED) is 0.525. The van der Waals surface area contributed by atoms with Gasteiger partial charge in [0.1, 0.15) is 0 Å². The van der Waals surface area contributed by atoms with Crippen LogP contribution in [0.5, 0.6) is 0 Å². The van der Waals surface area contributed by atoms with E-state index in [1.807, 2.05) is 10.9 Å². The van der Waals surface area contributed by atoms with Gasteiger partial charge in [-0.05, 0) is 19.3 Å². The molecular formula is C17H33N3O. The van der Waals surface area contributed by atoms with Gasteiger partial charge in [0.15, 0.2) is 0 Å². The van der Waals surface area contributed by atoms with E-state index < -0.39 is 0 Å². The fraction of sp³-hybridized carbons (Fsp3) is 0.882. The third-order valence-electron chi connectivity index (χ3n) is 3.92. The highest BCUT2D eigenvalue weighted by Crippen LogP contribution is 2.11. The summed E-state index contributed by atoms with van der Waals surface area (Å²) in [5, 5.41) is 17.0. The summed E-state index contributed by atoms with van der Waals surface area (Å²) in [4.78, 5) is 0. The second-order valence-electron chi connectivity index (χ2n) is 5.98. The maximum absolute atomic E-state index is 8.78. The van der Waals surface area contributed by atoms with Gasteiger partial charge < -0.3 is 5.11 Å². The van der Waals surface area contributed by atoms with Crippen molar-refractivity contribution in [1.82, 2.24) is 15.0 Å². The highest BCUT2D eigenvalue weighted by molar-refractivity contribution is 4.91. The third kappa shape index (κ3) is 9.62. The molecule has 1 N–H and O–H groups in total. The topological polar surface area (TPSA) is 50.9 Å². The molecule has 21 heavy (non-hydrogen) atoms. The Balaban J connectivity index is 1.91. The zero-order valence-corrected chi connectivity index (χ0v) is 13.8. The number of aliphatic hydroxyl groups excluding tert-OH is 1. The van der Waals surface area contributed by atoms with Crippen LogP contribution in [0.4, 0.5) is 0 Å². The van der Waals surface area contributed by atoms with Crippen LogP contribution in [0, 0.1) is 0 Å². The molecule has 4 nitrogen and oxygen atoms in total. The Kier molecular flexibility index (Phi) is 11.1. The van der Waals surface area contributed by atoms with Gasteiger partial charge in [0.05, 0.1) is 5.69 Å². The molecular weight excluding hydrogens is 262 g/mol. The van der Waals surface area contributed by atoms with Crippen LogP contribution in [-0.2, 0) is 13.0 Å². The number of aromatic nitrogens is 3. The molecule has 0 amide bonds. The number of aliphatic hydroxyl groups is 1. The van der Waals surface area contributed by atoms with Gasteiger partial charge in [-0.2, -0.15) is 0 Å². The number of unbranched alkanes of at least 4 members (excludes halogenated alkanes) is 9. The molecule has 0 radical (unpaired) electrons.